The maximum absolute atomic E-state index is 6.25. The van der Waals surface area contributed by atoms with Crippen LogP contribution < -0.4 is 5.32 Å². The molecule has 0 aromatic heterocycles. The Bertz CT molecular complexity index is 477. The van der Waals surface area contributed by atoms with Crippen molar-refractivity contribution in [3.63, 3.8) is 0 Å². The Morgan fingerprint density at radius 1 is 1.24 bits per heavy atom. The molecular formula is C16H23Cl3N2. The second kappa shape index (κ2) is 7.92. The zero-order valence-corrected chi connectivity index (χ0v) is 14.9. The van der Waals surface area contributed by atoms with Crippen LogP contribution in [0.2, 0.25) is 15.1 Å². The van der Waals surface area contributed by atoms with Crippen molar-refractivity contribution in [3.05, 3.63) is 27.2 Å². The normalized spacial score (nSPS) is 21.3. The highest BCUT2D eigenvalue weighted by Crippen LogP contribution is 2.33. The SMILES string of the molecule is CCCN1CCCC(C(C)Nc2cc(Cl)c(Cl)cc2Cl)C1. The summed E-state index contributed by atoms with van der Waals surface area (Å²) in [7, 11) is 0. The number of rotatable bonds is 5. The summed E-state index contributed by atoms with van der Waals surface area (Å²) in [6, 6.07) is 3.87. The maximum atomic E-state index is 6.25. The monoisotopic (exact) mass is 348 g/mol. The van der Waals surface area contributed by atoms with Gasteiger partial charge in [-0.15, -0.1) is 0 Å². The molecule has 0 radical (unpaired) electrons. The minimum atomic E-state index is 0.361. The van der Waals surface area contributed by atoms with Gasteiger partial charge in [0.15, 0.2) is 0 Å². The van der Waals surface area contributed by atoms with Crippen LogP contribution in [0.4, 0.5) is 5.69 Å². The second-order valence-corrected chi connectivity index (χ2v) is 7.10. The zero-order chi connectivity index (χ0) is 15.4. The van der Waals surface area contributed by atoms with Crippen LogP contribution in [-0.2, 0) is 0 Å². The van der Waals surface area contributed by atoms with Gasteiger partial charge in [0.2, 0.25) is 0 Å². The quantitative estimate of drug-likeness (QED) is 0.699. The van der Waals surface area contributed by atoms with Crippen molar-refractivity contribution in [2.24, 2.45) is 5.92 Å². The Morgan fingerprint density at radius 3 is 2.67 bits per heavy atom. The van der Waals surface area contributed by atoms with Crippen molar-refractivity contribution >= 4 is 40.5 Å². The molecule has 1 fully saturated rings. The fraction of sp³-hybridized carbons (Fsp3) is 0.625. The van der Waals surface area contributed by atoms with Crippen molar-refractivity contribution in [1.82, 2.24) is 4.90 Å². The summed E-state index contributed by atoms with van der Waals surface area (Å²) in [5.74, 6) is 0.635. The van der Waals surface area contributed by atoms with Crippen LogP contribution in [0.15, 0.2) is 12.1 Å². The summed E-state index contributed by atoms with van der Waals surface area (Å²) < 4.78 is 0. The summed E-state index contributed by atoms with van der Waals surface area (Å²) in [5, 5.41) is 5.16. The van der Waals surface area contributed by atoms with Crippen LogP contribution >= 0.6 is 34.8 Å². The highest BCUT2D eigenvalue weighted by molar-refractivity contribution is 6.44. The molecule has 0 spiro atoms. The highest BCUT2D eigenvalue weighted by Gasteiger charge is 2.24. The summed E-state index contributed by atoms with van der Waals surface area (Å²) in [6.45, 7) is 8.03. The van der Waals surface area contributed by atoms with Gasteiger partial charge in [-0.1, -0.05) is 41.7 Å². The minimum Gasteiger partial charge on any atom is -0.381 e. The van der Waals surface area contributed by atoms with Crippen molar-refractivity contribution in [2.45, 2.75) is 39.2 Å². The van der Waals surface area contributed by atoms with Gasteiger partial charge in [-0.2, -0.15) is 0 Å². The third kappa shape index (κ3) is 4.66. The van der Waals surface area contributed by atoms with Gasteiger partial charge in [-0.3, -0.25) is 0 Å². The molecule has 1 aliphatic rings. The molecule has 2 atom stereocenters. The summed E-state index contributed by atoms with van der Waals surface area (Å²) in [6.07, 6.45) is 3.74. The van der Waals surface area contributed by atoms with Crippen molar-refractivity contribution in [2.75, 3.05) is 25.0 Å². The van der Waals surface area contributed by atoms with Gasteiger partial charge < -0.3 is 10.2 Å². The Labute approximate surface area is 142 Å². The first-order valence-electron chi connectivity index (χ1n) is 7.64. The summed E-state index contributed by atoms with van der Waals surface area (Å²) >= 11 is 18.3. The van der Waals surface area contributed by atoms with E-state index in [-0.39, 0.29) is 0 Å². The molecule has 1 N–H and O–H groups in total. The van der Waals surface area contributed by atoms with E-state index in [2.05, 4.69) is 24.1 Å². The standard InChI is InChI=1S/C16H23Cl3N2/c1-3-6-21-7-4-5-12(10-21)11(2)20-16-9-14(18)13(17)8-15(16)19/h8-9,11-12,20H,3-7,10H2,1-2H3. The van der Waals surface area contributed by atoms with Crippen LogP contribution in [0.5, 0.6) is 0 Å². The number of benzene rings is 1. The molecular weight excluding hydrogens is 327 g/mol. The first kappa shape index (κ1) is 17.2. The van der Waals surface area contributed by atoms with E-state index in [1.54, 1.807) is 6.07 Å². The minimum absolute atomic E-state index is 0.361. The van der Waals surface area contributed by atoms with E-state index in [0.717, 1.165) is 12.2 Å². The Morgan fingerprint density at radius 2 is 1.95 bits per heavy atom. The molecule has 2 nitrogen and oxygen atoms in total. The third-order valence-electron chi connectivity index (χ3n) is 4.18. The molecule has 2 rings (SSSR count). The molecule has 21 heavy (non-hydrogen) atoms. The maximum Gasteiger partial charge on any atom is 0.0653 e. The molecule has 0 bridgehead atoms. The predicted octanol–water partition coefficient (Wildman–Crippen LogP) is 5.57. The van der Waals surface area contributed by atoms with Gasteiger partial charge in [-0.25, -0.2) is 0 Å². The zero-order valence-electron chi connectivity index (χ0n) is 12.6. The lowest BCUT2D eigenvalue weighted by molar-refractivity contribution is 0.165. The van der Waals surface area contributed by atoms with E-state index in [9.17, 15) is 0 Å². The smallest absolute Gasteiger partial charge is 0.0653 e. The second-order valence-electron chi connectivity index (χ2n) is 5.88. The van der Waals surface area contributed by atoms with E-state index in [1.165, 1.54) is 32.4 Å². The number of hydrogen-bond acceptors (Lipinski definition) is 2. The van der Waals surface area contributed by atoms with Crippen LogP contribution in [0.25, 0.3) is 0 Å². The topological polar surface area (TPSA) is 15.3 Å². The molecule has 5 heteroatoms. The Hall–Kier alpha value is -0.150. The lowest BCUT2D eigenvalue weighted by Crippen LogP contribution is -2.42. The molecule has 0 aliphatic carbocycles. The van der Waals surface area contributed by atoms with E-state index < -0.39 is 0 Å². The lowest BCUT2D eigenvalue weighted by Gasteiger charge is -2.36. The molecule has 1 aliphatic heterocycles. The van der Waals surface area contributed by atoms with Gasteiger partial charge in [0.1, 0.15) is 0 Å². The molecule has 1 aromatic rings. The third-order valence-corrected chi connectivity index (χ3v) is 5.22. The van der Waals surface area contributed by atoms with Gasteiger partial charge in [-0.05, 0) is 57.3 Å². The van der Waals surface area contributed by atoms with Crippen molar-refractivity contribution < 1.29 is 0 Å². The van der Waals surface area contributed by atoms with Gasteiger partial charge in [0.05, 0.1) is 20.8 Å². The number of nitrogens with one attached hydrogen (secondary N) is 1. The fourth-order valence-electron chi connectivity index (χ4n) is 3.02. The average molecular weight is 350 g/mol. The van der Waals surface area contributed by atoms with Gasteiger partial charge >= 0.3 is 0 Å². The van der Waals surface area contributed by atoms with Crippen molar-refractivity contribution in [3.8, 4) is 0 Å². The van der Waals surface area contributed by atoms with E-state index >= 15 is 0 Å². The number of halogens is 3. The van der Waals surface area contributed by atoms with Crippen LogP contribution in [0, 0.1) is 5.92 Å². The molecule has 1 saturated heterocycles. The van der Waals surface area contributed by atoms with Gasteiger partial charge in [0.25, 0.3) is 0 Å². The first-order valence-corrected chi connectivity index (χ1v) is 8.78. The summed E-state index contributed by atoms with van der Waals surface area (Å²) in [4.78, 5) is 2.56. The van der Waals surface area contributed by atoms with E-state index in [4.69, 9.17) is 34.8 Å². The number of likely N-dealkylation sites (tertiary alicyclic amines) is 1. The summed E-state index contributed by atoms with van der Waals surface area (Å²) in [5.41, 5.74) is 0.867. The lowest BCUT2D eigenvalue weighted by atomic mass is 9.91. The van der Waals surface area contributed by atoms with Crippen molar-refractivity contribution in [1.29, 1.82) is 0 Å². The Kier molecular flexibility index (Phi) is 6.49. The fourth-order valence-corrected chi connectivity index (χ4v) is 3.62. The largest absolute Gasteiger partial charge is 0.381 e. The van der Waals surface area contributed by atoms with Crippen LogP contribution in [0.3, 0.4) is 0 Å². The Balaban J connectivity index is 2.00. The number of piperidine rings is 1. The molecule has 2 unspecified atom stereocenters. The molecule has 1 aromatic carbocycles. The molecule has 0 amide bonds. The van der Waals surface area contributed by atoms with E-state index in [0.29, 0.717) is 27.0 Å². The highest BCUT2D eigenvalue weighted by atomic mass is 35.5. The molecule has 0 saturated carbocycles. The van der Waals surface area contributed by atoms with Gasteiger partial charge in [0, 0.05) is 12.6 Å². The average Bonchev–Trinajstić information content (AvgIpc) is 2.45. The first-order chi connectivity index (χ1) is 10.0. The molecule has 118 valence electrons. The number of hydrogen-bond donors (Lipinski definition) is 1. The van der Waals surface area contributed by atoms with Crippen LogP contribution in [0.1, 0.15) is 33.1 Å². The number of nitrogens with zero attached hydrogens (tertiary/aromatic N) is 1. The van der Waals surface area contributed by atoms with Crippen LogP contribution in [-0.4, -0.2) is 30.6 Å². The number of anilines is 1. The predicted molar refractivity (Wildman–Crippen MR) is 94.0 cm³/mol. The molecule has 1 heterocycles. The van der Waals surface area contributed by atoms with E-state index in [1.807, 2.05) is 6.07 Å².